The molecule has 1 amide bonds. The van der Waals surface area contributed by atoms with E-state index in [2.05, 4.69) is 5.32 Å². The molecule has 17 nitrogen and oxygen atoms in total. The number of fused-ring (bicyclic) bond motifs is 4. The van der Waals surface area contributed by atoms with E-state index in [0.29, 0.717) is 56.9 Å². The largest absolute Gasteiger partial charge is 0.469 e. The van der Waals surface area contributed by atoms with Crippen molar-refractivity contribution in [3.8, 4) is 0 Å². The van der Waals surface area contributed by atoms with Crippen molar-refractivity contribution >= 4 is 29.8 Å². The van der Waals surface area contributed by atoms with Crippen LogP contribution < -0.4 is 5.32 Å². The van der Waals surface area contributed by atoms with Gasteiger partial charge in [-0.2, -0.15) is 0 Å². The van der Waals surface area contributed by atoms with Crippen molar-refractivity contribution in [2.75, 3.05) is 42.2 Å². The molecular weight excluding hydrogens is 967 g/mol. The highest BCUT2D eigenvalue weighted by atomic mass is 16.6. The lowest BCUT2D eigenvalue weighted by Gasteiger charge is -2.31. The van der Waals surface area contributed by atoms with E-state index >= 15 is 0 Å². The fraction of sp³-hybridized carbons (Fsp3) is 0.638. The van der Waals surface area contributed by atoms with Gasteiger partial charge in [0.2, 0.25) is 5.91 Å². The quantitative estimate of drug-likeness (QED) is 0.111. The number of amides is 1. The number of carbonyl (C=O) groups excluding carboxylic acids is 5. The van der Waals surface area contributed by atoms with Crippen molar-refractivity contribution < 1.29 is 77.2 Å². The molecule has 1 fully saturated rings. The number of hydrogen-bond donors (Lipinski definition) is 4. The van der Waals surface area contributed by atoms with Gasteiger partial charge >= 0.3 is 23.9 Å². The number of aliphatic hydroxyl groups excluding tert-OH is 3. The molecule has 0 aromatic rings. The number of allylic oxidation sites excluding steroid dienone is 7. The summed E-state index contributed by atoms with van der Waals surface area (Å²) in [7, 11) is 7.54. The summed E-state index contributed by atoms with van der Waals surface area (Å²) in [5, 5.41) is 36.0. The highest BCUT2D eigenvalue weighted by Gasteiger charge is 2.33. The van der Waals surface area contributed by atoms with Gasteiger partial charge in [-0.25, -0.2) is 4.79 Å². The third-order valence-corrected chi connectivity index (χ3v) is 14.1. The number of hydrogen-bond acceptors (Lipinski definition) is 16. The lowest BCUT2D eigenvalue weighted by atomic mass is 9.86. The van der Waals surface area contributed by atoms with E-state index in [9.17, 15) is 39.3 Å². The summed E-state index contributed by atoms with van der Waals surface area (Å²) in [5.74, 6) is -2.84. The predicted molar refractivity (Wildman–Crippen MR) is 283 cm³/mol. The van der Waals surface area contributed by atoms with Gasteiger partial charge in [-0.15, -0.1) is 0 Å². The summed E-state index contributed by atoms with van der Waals surface area (Å²) >= 11 is 0. The van der Waals surface area contributed by atoms with Crippen molar-refractivity contribution in [2.24, 2.45) is 23.7 Å². The maximum atomic E-state index is 13.2. The molecule has 13 atom stereocenters. The fourth-order valence-electron chi connectivity index (χ4n) is 9.65. The van der Waals surface area contributed by atoms with E-state index in [1.165, 1.54) is 33.6 Å². The summed E-state index contributed by atoms with van der Waals surface area (Å²) in [5.41, 5.74) is 3.14. The number of rotatable bonds is 7. The summed E-state index contributed by atoms with van der Waals surface area (Å²) < 4.78 is 44.9. The normalized spacial score (nSPS) is 35.6. The molecule has 3 aliphatic rings. The molecule has 0 spiro atoms. The van der Waals surface area contributed by atoms with Gasteiger partial charge in [0, 0.05) is 91.1 Å². The van der Waals surface area contributed by atoms with Gasteiger partial charge in [-0.05, 0) is 69.9 Å². The number of cyclic esters (lactones) is 1. The lowest BCUT2D eigenvalue weighted by Crippen LogP contribution is -2.35. The topological polar surface area (TPSA) is 232 Å². The molecule has 1 saturated heterocycles. The molecule has 4 N–H and O–H groups in total. The molecule has 75 heavy (non-hydrogen) atoms. The molecule has 0 radical (unpaired) electrons. The van der Waals surface area contributed by atoms with Gasteiger partial charge in [0.15, 0.2) is 0 Å². The molecule has 0 unspecified atom stereocenters. The van der Waals surface area contributed by atoms with Crippen LogP contribution >= 0.6 is 0 Å². The van der Waals surface area contributed by atoms with Gasteiger partial charge in [-0.3, -0.25) is 19.2 Å². The molecule has 4 bridgehead atoms. The average Bonchev–Trinajstić information content (AvgIpc) is 3.34. The van der Waals surface area contributed by atoms with Crippen molar-refractivity contribution in [3.05, 3.63) is 95.3 Å². The Labute approximate surface area is 445 Å². The second kappa shape index (κ2) is 34.6. The first-order valence-corrected chi connectivity index (χ1v) is 26.2. The van der Waals surface area contributed by atoms with Crippen molar-refractivity contribution in [1.29, 1.82) is 0 Å². The van der Waals surface area contributed by atoms with E-state index in [4.69, 9.17) is 37.9 Å². The third kappa shape index (κ3) is 24.7. The molecule has 3 aliphatic heterocycles. The Morgan fingerprint density at radius 2 is 1.48 bits per heavy atom. The molecule has 17 heteroatoms. The van der Waals surface area contributed by atoms with Crippen LogP contribution in [0.15, 0.2) is 95.3 Å². The van der Waals surface area contributed by atoms with Crippen LogP contribution in [0.5, 0.6) is 0 Å². The highest BCUT2D eigenvalue weighted by molar-refractivity contribution is 5.87. The summed E-state index contributed by atoms with van der Waals surface area (Å²) in [4.78, 5) is 63.9. The van der Waals surface area contributed by atoms with Gasteiger partial charge in [0.05, 0.1) is 63.2 Å². The van der Waals surface area contributed by atoms with Gasteiger partial charge in [0.1, 0.15) is 18.3 Å². The zero-order chi connectivity index (χ0) is 55.5. The van der Waals surface area contributed by atoms with E-state index in [0.717, 1.165) is 16.7 Å². The van der Waals surface area contributed by atoms with Crippen LogP contribution in [0.25, 0.3) is 0 Å². The smallest absolute Gasteiger partial charge is 0.331 e. The minimum atomic E-state index is -0.977. The third-order valence-electron chi connectivity index (χ3n) is 14.1. The number of esters is 4. The van der Waals surface area contributed by atoms with Crippen LogP contribution in [-0.2, 0) is 61.9 Å². The number of carbonyl (C=O) groups is 5. The first kappa shape index (κ1) is 64.3. The highest BCUT2D eigenvalue weighted by Crippen LogP contribution is 2.31. The van der Waals surface area contributed by atoms with E-state index in [-0.39, 0.29) is 80.5 Å². The first-order chi connectivity index (χ1) is 35.8. The second-order valence-corrected chi connectivity index (χ2v) is 20.3. The maximum absolute atomic E-state index is 13.2. The van der Waals surface area contributed by atoms with Crippen LogP contribution in [0.3, 0.4) is 0 Å². The Balaban J connectivity index is 1.83. The molecule has 0 aliphatic carbocycles. The number of nitrogens with one attached hydrogen (secondary N) is 1. The Bertz CT molecular complexity index is 2070. The molecule has 3 heterocycles. The minimum Gasteiger partial charge on any atom is -0.469 e. The SMILES string of the molecule is COC[C@@H]1C/C(C)=C/[C@@H]2OC(=O)C/C(=C/C=C/[C@H](O)C[C@H](O)[C@@H](C)[C@H](OC)CC[C@H](C)[C@@H](OC)C[C@H]3CC(=CC(=O)O3)CC(=O)N/C=C/C=C/C[C@@H](CC(=O)OC)C[C@@H](O)C/C(C)=C/C=C/[C@@H](OC)CC(=O)O1)[C@@H]2C. The fourth-order valence-corrected chi connectivity index (χ4v) is 9.65. The van der Waals surface area contributed by atoms with Crippen LogP contribution in [-0.4, -0.2) is 142 Å². The lowest BCUT2D eigenvalue weighted by molar-refractivity contribution is -0.153. The average molecular weight is 1050 g/mol. The monoisotopic (exact) mass is 1050 g/mol. The second-order valence-electron chi connectivity index (χ2n) is 20.3. The van der Waals surface area contributed by atoms with Crippen LogP contribution in [0.2, 0.25) is 0 Å². The molecule has 3 rings (SSSR count). The molecular formula is C58H87NO16. The zero-order valence-corrected chi connectivity index (χ0v) is 46.0. The van der Waals surface area contributed by atoms with Crippen LogP contribution in [0.4, 0.5) is 0 Å². The molecule has 0 aromatic carbocycles. The van der Waals surface area contributed by atoms with Gasteiger partial charge in [-0.1, -0.05) is 91.7 Å². The Kier molecular flexibility index (Phi) is 29.7. The summed E-state index contributed by atoms with van der Waals surface area (Å²) in [6.45, 7) is 9.77. The Hall–Kier alpha value is -5.01. The standard InChI is InChI=1S/C58H87NO16/c1-37-16-14-20-47(69-7)35-58(67)74-49(36-68-6)25-38(2)26-53-40(4)44(32-57(66)75-53)18-15-19-45(60)33-50(62)41(5)51(70-8)22-21-39(3)52(71-9)34-48-28-43(31-56(65)73-48)29-54(63)59-23-13-11-12-17-42(27-46(61)24-37)30-55(64)72-10/h11-16,18-20,23,26,31,39-42,45-53,60-62H,17,21-22,24-25,27-30,32-36H2,1-10H3,(H,59,63)/b12-11+,19-15+,20-14+,23-13+,37-16+,38-26+,44-18-/t39-,40-,41+,42+,45-,46-,47+,48+,49-,50-,51+,52-,53-/m0/s1. The Morgan fingerprint density at radius 3 is 2.17 bits per heavy atom. The maximum Gasteiger partial charge on any atom is 0.331 e. The van der Waals surface area contributed by atoms with Crippen LogP contribution in [0.1, 0.15) is 118 Å². The summed E-state index contributed by atoms with van der Waals surface area (Å²) in [6.07, 6.45) is 18.5. The van der Waals surface area contributed by atoms with E-state index in [1.807, 2.05) is 52.8 Å². The van der Waals surface area contributed by atoms with Gasteiger partial charge < -0.3 is 58.5 Å². The Morgan fingerprint density at radius 1 is 0.747 bits per heavy atom. The number of methoxy groups -OCH3 is 5. The van der Waals surface area contributed by atoms with Crippen molar-refractivity contribution in [2.45, 2.75) is 173 Å². The molecule has 0 saturated carbocycles. The number of ether oxygens (including phenoxy) is 8. The van der Waals surface area contributed by atoms with Crippen molar-refractivity contribution in [3.63, 3.8) is 0 Å². The van der Waals surface area contributed by atoms with E-state index < -0.39 is 66.6 Å². The predicted octanol–water partition coefficient (Wildman–Crippen LogP) is 7.35. The van der Waals surface area contributed by atoms with Crippen LogP contribution in [0, 0.1) is 23.7 Å². The molecule has 0 aromatic heterocycles. The minimum absolute atomic E-state index is 0.00151. The number of aliphatic hydroxyl groups is 3. The zero-order valence-electron chi connectivity index (χ0n) is 46.0. The molecule has 420 valence electrons. The first-order valence-electron chi connectivity index (χ1n) is 26.2. The summed E-state index contributed by atoms with van der Waals surface area (Å²) in [6, 6.07) is 0. The van der Waals surface area contributed by atoms with E-state index in [1.54, 1.807) is 56.8 Å². The van der Waals surface area contributed by atoms with Crippen molar-refractivity contribution in [1.82, 2.24) is 5.32 Å². The van der Waals surface area contributed by atoms with Gasteiger partial charge in [0.25, 0.3) is 0 Å².